The van der Waals surface area contributed by atoms with Gasteiger partial charge in [0.1, 0.15) is 16.7 Å². The van der Waals surface area contributed by atoms with Crippen LogP contribution in [-0.2, 0) is 6.54 Å². The van der Waals surface area contributed by atoms with E-state index in [1.54, 1.807) is 38.1 Å². The third kappa shape index (κ3) is 4.89. The molecule has 0 atom stereocenters. The number of aryl methyl sites for hydroxylation is 1. The first-order valence-electron chi connectivity index (χ1n) is 10.2. The minimum atomic E-state index is -0.685. The number of nitrogen functional groups attached to an aromatic ring is 1. The highest BCUT2D eigenvalue weighted by Gasteiger charge is 2.25. The Kier molecular flexibility index (Phi) is 6.79. The number of halogens is 1. The molecular weight excluding hydrogens is 428 g/mol. The molecule has 2 heterocycles. The number of ketones is 1. The van der Waals surface area contributed by atoms with Crippen molar-refractivity contribution in [1.29, 1.82) is 0 Å². The van der Waals surface area contributed by atoms with Crippen molar-refractivity contribution < 1.29 is 4.79 Å². The van der Waals surface area contributed by atoms with Crippen molar-refractivity contribution in [2.24, 2.45) is 0 Å². The van der Waals surface area contributed by atoms with Crippen LogP contribution in [0.1, 0.15) is 65.0 Å². The zero-order chi connectivity index (χ0) is 23.6. The zero-order valence-electron chi connectivity index (χ0n) is 18.4. The molecular formula is C24H25ClN4O3. The third-order valence-electron chi connectivity index (χ3n) is 4.96. The molecule has 3 N–H and O–H groups in total. The van der Waals surface area contributed by atoms with Crippen LogP contribution in [0.15, 0.2) is 46.0 Å². The number of anilines is 1. The van der Waals surface area contributed by atoms with E-state index in [2.05, 4.69) is 9.97 Å². The third-order valence-corrected chi connectivity index (χ3v) is 5.16. The summed E-state index contributed by atoms with van der Waals surface area (Å²) in [5, 5.41) is 0.170. The molecule has 0 unspecified atom stereocenters. The molecule has 0 spiro atoms. The maximum absolute atomic E-state index is 13.7. The number of aromatic amines is 1. The first-order valence-corrected chi connectivity index (χ1v) is 10.6. The maximum atomic E-state index is 13.7. The van der Waals surface area contributed by atoms with Crippen molar-refractivity contribution in [3.05, 3.63) is 95.9 Å². The van der Waals surface area contributed by atoms with E-state index in [0.717, 1.165) is 11.1 Å². The predicted octanol–water partition coefficient (Wildman–Crippen LogP) is 3.91. The van der Waals surface area contributed by atoms with Gasteiger partial charge in [-0.2, -0.15) is 0 Å². The molecule has 2 aromatic heterocycles. The number of carbonyl (C=O) groups excluding carboxylic acids is 1. The van der Waals surface area contributed by atoms with Crippen molar-refractivity contribution in [1.82, 2.24) is 14.5 Å². The second kappa shape index (κ2) is 9.36. The maximum Gasteiger partial charge on any atom is 0.329 e. The van der Waals surface area contributed by atoms with E-state index in [1.807, 2.05) is 32.1 Å². The van der Waals surface area contributed by atoms with Crippen LogP contribution in [0.4, 0.5) is 5.82 Å². The van der Waals surface area contributed by atoms with Gasteiger partial charge in [-0.25, -0.2) is 9.78 Å². The fraction of sp³-hybridized carbons (Fsp3) is 0.250. The molecule has 0 bridgehead atoms. The molecule has 1 aromatic carbocycles. The Labute approximate surface area is 190 Å². The first-order chi connectivity index (χ1) is 15.1. The van der Waals surface area contributed by atoms with Gasteiger partial charge in [0.2, 0.25) is 5.78 Å². The quantitative estimate of drug-likeness (QED) is 0.435. The van der Waals surface area contributed by atoms with Gasteiger partial charge in [0.05, 0.1) is 6.54 Å². The second-order valence-electron chi connectivity index (χ2n) is 7.95. The van der Waals surface area contributed by atoms with E-state index < -0.39 is 17.0 Å². The number of nitrogens with zero attached hydrogens (tertiary/aromatic N) is 2. The largest absolute Gasteiger partial charge is 0.384 e. The number of benzene rings is 1. The Morgan fingerprint density at radius 1 is 1.22 bits per heavy atom. The highest BCUT2D eigenvalue weighted by molar-refractivity contribution is 6.29. The van der Waals surface area contributed by atoms with Gasteiger partial charge in [0.15, 0.2) is 0 Å². The lowest BCUT2D eigenvalue weighted by Gasteiger charge is -2.18. The Hall–Kier alpha value is -3.45. The Balaban J connectivity index is 2.28. The number of hydrogen-bond donors (Lipinski definition) is 2. The summed E-state index contributed by atoms with van der Waals surface area (Å²) in [5.41, 5.74) is 7.56. The van der Waals surface area contributed by atoms with Crippen LogP contribution < -0.4 is 17.0 Å². The average molecular weight is 453 g/mol. The summed E-state index contributed by atoms with van der Waals surface area (Å²) in [6.07, 6.45) is 3.77. The van der Waals surface area contributed by atoms with E-state index in [9.17, 15) is 14.4 Å². The number of nitrogens with two attached hydrogens (primary N) is 1. The van der Waals surface area contributed by atoms with Crippen molar-refractivity contribution in [2.75, 3.05) is 5.73 Å². The fourth-order valence-corrected chi connectivity index (χ4v) is 3.97. The monoisotopic (exact) mass is 452 g/mol. The van der Waals surface area contributed by atoms with E-state index in [0.29, 0.717) is 11.1 Å². The number of hydrogen-bond acceptors (Lipinski definition) is 5. The number of rotatable bonds is 6. The first kappa shape index (κ1) is 23.2. The van der Waals surface area contributed by atoms with Crippen LogP contribution in [0.3, 0.4) is 0 Å². The molecule has 0 aliphatic carbocycles. The molecule has 0 saturated heterocycles. The SMILES string of the molecule is C/C=C/c1cc(C)cc(C(=O)c2c(C(C)C)c(=O)[nH]c(=O)n2Cc2cc(N)nc(Cl)c2)c1. The summed E-state index contributed by atoms with van der Waals surface area (Å²) in [6.45, 7) is 7.38. The van der Waals surface area contributed by atoms with Gasteiger partial charge < -0.3 is 5.73 Å². The summed E-state index contributed by atoms with van der Waals surface area (Å²) < 4.78 is 1.27. The van der Waals surface area contributed by atoms with Crippen LogP contribution in [0.25, 0.3) is 6.08 Å². The minimum Gasteiger partial charge on any atom is -0.384 e. The fourth-order valence-electron chi connectivity index (χ4n) is 3.73. The van der Waals surface area contributed by atoms with Gasteiger partial charge >= 0.3 is 5.69 Å². The second-order valence-corrected chi connectivity index (χ2v) is 8.33. The number of aromatic nitrogens is 3. The molecule has 0 radical (unpaired) electrons. The van der Waals surface area contributed by atoms with Crippen LogP contribution in [-0.4, -0.2) is 20.3 Å². The smallest absolute Gasteiger partial charge is 0.329 e. The van der Waals surface area contributed by atoms with Gasteiger partial charge in [-0.3, -0.25) is 19.1 Å². The summed E-state index contributed by atoms with van der Waals surface area (Å²) in [7, 11) is 0. The molecule has 166 valence electrons. The molecule has 0 amide bonds. The topological polar surface area (TPSA) is 111 Å². The van der Waals surface area contributed by atoms with Gasteiger partial charge in [-0.05, 0) is 60.7 Å². The van der Waals surface area contributed by atoms with E-state index >= 15 is 0 Å². The lowest BCUT2D eigenvalue weighted by Crippen LogP contribution is -2.38. The Bertz CT molecular complexity index is 1320. The van der Waals surface area contributed by atoms with Crippen LogP contribution in [0.2, 0.25) is 5.15 Å². The Morgan fingerprint density at radius 3 is 2.56 bits per heavy atom. The van der Waals surface area contributed by atoms with Gasteiger partial charge in [-0.1, -0.05) is 43.7 Å². The number of allylic oxidation sites excluding steroid dienone is 1. The van der Waals surface area contributed by atoms with Gasteiger partial charge in [0, 0.05) is 11.1 Å². The lowest BCUT2D eigenvalue weighted by molar-refractivity contribution is 0.102. The molecule has 0 aliphatic heterocycles. The molecule has 3 aromatic rings. The van der Waals surface area contributed by atoms with E-state index in [-0.39, 0.29) is 34.7 Å². The van der Waals surface area contributed by atoms with Crippen LogP contribution in [0, 0.1) is 6.92 Å². The average Bonchev–Trinajstić information content (AvgIpc) is 2.68. The van der Waals surface area contributed by atoms with Crippen molar-refractivity contribution in [2.45, 2.75) is 40.2 Å². The molecule has 0 aliphatic rings. The van der Waals surface area contributed by atoms with E-state index in [4.69, 9.17) is 17.3 Å². The number of carbonyl (C=O) groups is 1. The van der Waals surface area contributed by atoms with Gasteiger partial charge in [0.25, 0.3) is 5.56 Å². The number of nitrogens with one attached hydrogen (secondary N) is 1. The van der Waals surface area contributed by atoms with Crippen LogP contribution >= 0.6 is 11.6 Å². The molecule has 0 saturated carbocycles. The summed E-state index contributed by atoms with van der Waals surface area (Å²) in [5.74, 6) is -0.508. The summed E-state index contributed by atoms with van der Waals surface area (Å²) >= 11 is 6.02. The summed E-state index contributed by atoms with van der Waals surface area (Å²) in [6, 6.07) is 8.58. The normalized spacial score (nSPS) is 11.4. The van der Waals surface area contributed by atoms with E-state index in [1.165, 1.54) is 4.57 Å². The van der Waals surface area contributed by atoms with Crippen molar-refractivity contribution in [3.63, 3.8) is 0 Å². The van der Waals surface area contributed by atoms with Gasteiger partial charge in [-0.15, -0.1) is 0 Å². The summed E-state index contributed by atoms with van der Waals surface area (Å²) in [4.78, 5) is 45.5. The zero-order valence-corrected chi connectivity index (χ0v) is 19.2. The van der Waals surface area contributed by atoms with Crippen molar-refractivity contribution >= 4 is 29.3 Å². The lowest BCUT2D eigenvalue weighted by atomic mass is 9.95. The number of H-pyrrole nitrogens is 1. The molecule has 3 rings (SSSR count). The highest BCUT2D eigenvalue weighted by atomic mass is 35.5. The number of pyridine rings is 1. The minimum absolute atomic E-state index is 0.00359. The molecule has 7 nitrogen and oxygen atoms in total. The predicted molar refractivity (Wildman–Crippen MR) is 127 cm³/mol. The van der Waals surface area contributed by atoms with Crippen molar-refractivity contribution in [3.8, 4) is 0 Å². The molecule has 8 heteroatoms. The molecule has 32 heavy (non-hydrogen) atoms. The Morgan fingerprint density at radius 2 is 1.94 bits per heavy atom. The highest BCUT2D eigenvalue weighted by Crippen LogP contribution is 2.22. The van der Waals surface area contributed by atoms with Crippen LogP contribution in [0.5, 0.6) is 0 Å². The molecule has 0 fully saturated rings. The standard InChI is InChI=1S/C24H25ClN4O3/c1-5-6-15-7-14(4)8-17(9-15)22(30)21-20(13(2)3)23(31)28-24(32)29(21)12-16-10-18(25)27-19(26)11-16/h5-11,13H,12H2,1-4H3,(H2,26,27)(H,28,31,32)/b6-5+.